The quantitative estimate of drug-likeness (QED) is 0.352. The van der Waals surface area contributed by atoms with E-state index in [1.807, 2.05) is 42.5 Å². The second-order valence-corrected chi connectivity index (χ2v) is 8.09. The maximum absolute atomic E-state index is 5.92. The van der Waals surface area contributed by atoms with Crippen LogP contribution in [0.15, 0.2) is 65.1 Å². The van der Waals surface area contributed by atoms with Gasteiger partial charge in [-0.25, -0.2) is 0 Å². The van der Waals surface area contributed by atoms with Crippen molar-refractivity contribution in [2.75, 3.05) is 20.8 Å². The molecule has 0 aromatic heterocycles. The van der Waals surface area contributed by atoms with Crippen LogP contribution in [0.5, 0.6) is 17.2 Å². The van der Waals surface area contributed by atoms with Gasteiger partial charge in [0.15, 0.2) is 11.5 Å². The molecule has 6 heteroatoms. The highest BCUT2D eigenvalue weighted by Gasteiger charge is 2.06. The molecule has 0 spiro atoms. The maximum Gasteiger partial charge on any atom is 0.160 e. The molecular formula is C24H25BrClNO3. The molecule has 0 aliphatic carbocycles. The highest BCUT2D eigenvalue weighted by molar-refractivity contribution is 9.10. The van der Waals surface area contributed by atoms with Crippen LogP contribution in [0, 0.1) is 0 Å². The van der Waals surface area contributed by atoms with Crippen molar-refractivity contribution in [1.82, 2.24) is 5.32 Å². The molecule has 0 amide bonds. The maximum atomic E-state index is 5.92. The van der Waals surface area contributed by atoms with Crippen molar-refractivity contribution in [3.63, 3.8) is 0 Å². The molecule has 158 valence electrons. The van der Waals surface area contributed by atoms with Crippen molar-refractivity contribution in [3.05, 3.63) is 86.8 Å². The molecule has 0 saturated heterocycles. The summed E-state index contributed by atoms with van der Waals surface area (Å²) in [7, 11) is 3.30. The number of hydrogen-bond acceptors (Lipinski definition) is 4. The third-order valence-electron chi connectivity index (χ3n) is 4.67. The van der Waals surface area contributed by atoms with Crippen LogP contribution in [-0.2, 0) is 19.6 Å². The van der Waals surface area contributed by atoms with Gasteiger partial charge in [-0.15, -0.1) is 0 Å². The molecule has 4 nitrogen and oxygen atoms in total. The van der Waals surface area contributed by atoms with E-state index in [4.69, 9.17) is 25.8 Å². The third kappa shape index (κ3) is 6.39. The van der Waals surface area contributed by atoms with Crippen molar-refractivity contribution < 1.29 is 14.2 Å². The van der Waals surface area contributed by atoms with E-state index < -0.39 is 0 Å². The van der Waals surface area contributed by atoms with Crippen molar-refractivity contribution >= 4 is 27.5 Å². The standard InChI is InChI=1S/C24H25BrClNO3/c1-28-23-10-5-17(14-24(23)29-2)11-12-27-15-19-6-9-22(21(25)13-19)30-16-18-3-7-20(26)8-4-18/h3-10,13-14,27H,11-12,15-16H2,1-2H3. The Morgan fingerprint density at radius 1 is 0.800 bits per heavy atom. The monoisotopic (exact) mass is 489 g/mol. The summed E-state index contributed by atoms with van der Waals surface area (Å²) in [5.74, 6) is 2.32. The van der Waals surface area contributed by atoms with Crippen molar-refractivity contribution in [1.29, 1.82) is 0 Å². The van der Waals surface area contributed by atoms with Crippen LogP contribution in [0.2, 0.25) is 5.02 Å². The van der Waals surface area contributed by atoms with Gasteiger partial charge >= 0.3 is 0 Å². The minimum Gasteiger partial charge on any atom is -0.493 e. The van der Waals surface area contributed by atoms with Crippen LogP contribution in [0.4, 0.5) is 0 Å². The lowest BCUT2D eigenvalue weighted by molar-refractivity contribution is 0.304. The molecule has 3 aromatic rings. The molecule has 0 fully saturated rings. The SMILES string of the molecule is COc1ccc(CCNCc2ccc(OCc3ccc(Cl)cc3)c(Br)c2)cc1OC. The molecule has 1 N–H and O–H groups in total. The number of benzene rings is 3. The van der Waals surface area contributed by atoms with Gasteiger partial charge in [0, 0.05) is 11.6 Å². The Kier molecular flexibility index (Phi) is 8.43. The first-order valence-electron chi connectivity index (χ1n) is 9.66. The van der Waals surface area contributed by atoms with Gasteiger partial charge in [0.05, 0.1) is 18.7 Å². The summed E-state index contributed by atoms with van der Waals surface area (Å²) < 4.78 is 17.5. The second kappa shape index (κ2) is 11.3. The lowest BCUT2D eigenvalue weighted by Crippen LogP contribution is -2.16. The summed E-state index contributed by atoms with van der Waals surface area (Å²) in [6.07, 6.45) is 0.907. The summed E-state index contributed by atoms with van der Waals surface area (Å²) in [6.45, 7) is 2.14. The van der Waals surface area contributed by atoms with Crippen molar-refractivity contribution in [2.45, 2.75) is 19.6 Å². The largest absolute Gasteiger partial charge is 0.493 e. The van der Waals surface area contributed by atoms with Gasteiger partial charge in [-0.3, -0.25) is 0 Å². The molecule has 0 unspecified atom stereocenters. The fourth-order valence-electron chi connectivity index (χ4n) is 3.01. The fraction of sp³-hybridized carbons (Fsp3) is 0.250. The molecule has 0 bridgehead atoms. The predicted octanol–water partition coefficient (Wildman–Crippen LogP) is 6.03. The van der Waals surface area contributed by atoms with E-state index in [0.29, 0.717) is 6.61 Å². The summed E-state index contributed by atoms with van der Waals surface area (Å²) in [6, 6.07) is 19.8. The fourth-order valence-corrected chi connectivity index (χ4v) is 3.68. The molecule has 0 aliphatic rings. The molecule has 0 aliphatic heterocycles. The van der Waals surface area contributed by atoms with Crippen LogP contribution in [0.3, 0.4) is 0 Å². The highest BCUT2D eigenvalue weighted by Crippen LogP contribution is 2.28. The zero-order chi connectivity index (χ0) is 21.3. The Morgan fingerprint density at radius 3 is 2.17 bits per heavy atom. The zero-order valence-electron chi connectivity index (χ0n) is 17.1. The van der Waals surface area contributed by atoms with Crippen LogP contribution in [0.1, 0.15) is 16.7 Å². The zero-order valence-corrected chi connectivity index (χ0v) is 19.4. The Morgan fingerprint density at radius 2 is 1.47 bits per heavy atom. The minimum absolute atomic E-state index is 0.499. The molecule has 0 saturated carbocycles. The van der Waals surface area contributed by atoms with E-state index in [2.05, 4.69) is 39.4 Å². The van der Waals surface area contributed by atoms with E-state index in [1.165, 1.54) is 11.1 Å². The van der Waals surface area contributed by atoms with Gasteiger partial charge in [0.1, 0.15) is 12.4 Å². The van der Waals surface area contributed by atoms with Gasteiger partial charge in [0.2, 0.25) is 0 Å². The highest BCUT2D eigenvalue weighted by atomic mass is 79.9. The van der Waals surface area contributed by atoms with Crippen LogP contribution < -0.4 is 19.5 Å². The van der Waals surface area contributed by atoms with Gasteiger partial charge in [-0.2, -0.15) is 0 Å². The third-order valence-corrected chi connectivity index (χ3v) is 5.54. The molecule has 30 heavy (non-hydrogen) atoms. The Hall–Kier alpha value is -2.21. The van der Waals surface area contributed by atoms with Gasteiger partial charge < -0.3 is 19.5 Å². The topological polar surface area (TPSA) is 39.7 Å². The Bertz CT molecular complexity index is 963. The Balaban J connectivity index is 1.47. The van der Waals surface area contributed by atoms with Gasteiger partial charge in [-0.1, -0.05) is 35.9 Å². The number of hydrogen-bond donors (Lipinski definition) is 1. The van der Waals surface area contributed by atoms with Crippen LogP contribution in [-0.4, -0.2) is 20.8 Å². The smallest absolute Gasteiger partial charge is 0.160 e. The van der Waals surface area contributed by atoms with E-state index in [0.717, 1.165) is 51.8 Å². The van der Waals surface area contributed by atoms with Gasteiger partial charge in [0.25, 0.3) is 0 Å². The average Bonchev–Trinajstić information content (AvgIpc) is 2.77. The van der Waals surface area contributed by atoms with Crippen LogP contribution >= 0.6 is 27.5 Å². The summed E-state index contributed by atoms with van der Waals surface area (Å²) in [5, 5.41) is 4.20. The van der Waals surface area contributed by atoms with E-state index in [-0.39, 0.29) is 0 Å². The molecule has 0 radical (unpaired) electrons. The van der Waals surface area contributed by atoms with Gasteiger partial charge in [-0.05, 0) is 82.0 Å². The first kappa shape index (κ1) is 22.5. The molecule has 0 heterocycles. The number of halogens is 2. The molecule has 3 rings (SSSR count). The normalized spacial score (nSPS) is 10.7. The lowest BCUT2D eigenvalue weighted by atomic mass is 10.1. The number of ether oxygens (including phenoxy) is 3. The van der Waals surface area contributed by atoms with E-state index in [9.17, 15) is 0 Å². The molecular weight excluding hydrogens is 466 g/mol. The number of rotatable bonds is 10. The summed E-state index contributed by atoms with van der Waals surface area (Å²) >= 11 is 9.53. The lowest BCUT2D eigenvalue weighted by Gasteiger charge is -2.11. The first-order valence-corrected chi connectivity index (χ1v) is 10.8. The minimum atomic E-state index is 0.499. The van der Waals surface area contributed by atoms with E-state index in [1.54, 1.807) is 14.2 Å². The van der Waals surface area contributed by atoms with Crippen LogP contribution in [0.25, 0.3) is 0 Å². The first-order chi connectivity index (χ1) is 14.6. The number of methoxy groups -OCH3 is 2. The summed E-state index contributed by atoms with van der Waals surface area (Å²) in [4.78, 5) is 0. The molecule has 0 atom stereocenters. The second-order valence-electron chi connectivity index (χ2n) is 6.80. The van der Waals surface area contributed by atoms with E-state index >= 15 is 0 Å². The predicted molar refractivity (Wildman–Crippen MR) is 125 cm³/mol. The molecule has 3 aromatic carbocycles. The number of nitrogens with one attached hydrogen (secondary N) is 1. The van der Waals surface area contributed by atoms with Crippen molar-refractivity contribution in [2.24, 2.45) is 0 Å². The van der Waals surface area contributed by atoms with Crippen molar-refractivity contribution in [3.8, 4) is 17.2 Å². The average molecular weight is 491 g/mol. The summed E-state index contributed by atoms with van der Waals surface area (Å²) in [5.41, 5.74) is 3.47. The Labute approximate surface area is 191 Å².